The minimum absolute atomic E-state index is 0.0669. The van der Waals surface area contributed by atoms with E-state index in [4.69, 9.17) is 24.2 Å². The van der Waals surface area contributed by atoms with Gasteiger partial charge in [-0.15, -0.1) is 0 Å². The van der Waals surface area contributed by atoms with Gasteiger partial charge in [-0.25, -0.2) is 4.98 Å². The van der Waals surface area contributed by atoms with E-state index in [1.165, 1.54) is 0 Å². The fraction of sp³-hybridized carbons (Fsp3) is 0.414. The van der Waals surface area contributed by atoms with Crippen molar-refractivity contribution >= 4 is 11.9 Å². The van der Waals surface area contributed by atoms with Gasteiger partial charge in [-0.1, -0.05) is 25.1 Å². The van der Waals surface area contributed by atoms with Crippen LogP contribution in [0.15, 0.2) is 48.5 Å². The van der Waals surface area contributed by atoms with E-state index in [2.05, 4.69) is 11.8 Å². The lowest BCUT2D eigenvalue weighted by Crippen LogP contribution is -2.39. The number of carbonyl (C=O) groups is 1. The van der Waals surface area contributed by atoms with Crippen molar-refractivity contribution in [3.63, 3.8) is 0 Å². The summed E-state index contributed by atoms with van der Waals surface area (Å²) in [6.07, 6.45) is 3.24. The molecule has 0 unspecified atom stereocenters. The Morgan fingerprint density at radius 3 is 2.41 bits per heavy atom. The average Bonchev–Trinajstić information content (AvgIpc) is 2.93. The Morgan fingerprint density at radius 1 is 0.946 bits per heavy atom. The van der Waals surface area contributed by atoms with Gasteiger partial charge < -0.3 is 24.0 Å². The highest BCUT2D eigenvalue weighted by atomic mass is 16.5. The fourth-order valence-corrected chi connectivity index (χ4v) is 4.82. The smallest absolute Gasteiger partial charge is 0.229 e. The highest BCUT2D eigenvalue weighted by molar-refractivity contribution is 5.79. The molecule has 0 N–H and O–H groups in total. The number of piperidine rings is 1. The first-order valence-electron chi connectivity index (χ1n) is 12.9. The number of rotatable bonds is 7. The van der Waals surface area contributed by atoms with Gasteiger partial charge in [-0.2, -0.15) is 4.98 Å². The van der Waals surface area contributed by atoms with Gasteiger partial charge in [0, 0.05) is 32.1 Å². The molecule has 1 fully saturated rings. The summed E-state index contributed by atoms with van der Waals surface area (Å²) in [7, 11) is 3.27. The number of aromatic nitrogens is 2. The molecule has 5 rings (SSSR count). The van der Waals surface area contributed by atoms with Gasteiger partial charge in [0.25, 0.3) is 0 Å². The van der Waals surface area contributed by atoms with E-state index in [0.717, 1.165) is 48.5 Å². The van der Waals surface area contributed by atoms with Crippen molar-refractivity contribution < 1.29 is 19.0 Å². The number of fused-ring (bicyclic) bond motifs is 1. The second kappa shape index (κ2) is 11.1. The van der Waals surface area contributed by atoms with Crippen LogP contribution in [0.2, 0.25) is 0 Å². The Balaban J connectivity index is 1.41. The van der Waals surface area contributed by atoms with E-state index in [-0.39, 0.29) is 5.91 Å². The summed E-state index contributed by atoms with van der Waals surface area (Å²) < 4.78 is 16.9. The van der Waals surface area contributed by atoms with Crippen LogP contribution in [0.4, 0.5) is 5.95 Å². The first kappa shape index (κ1) is 24.9. The summed E-state index contributed by atoms with van der Waals surface area (Å²) in [6.45, 7) is 5.20. The van der Waals surface area contributed by atoms with Crippen molar-refractivity contribution in [3.8, 4) is 23.1 Å². The van der Waals surface area contributed by atoms with E-state index < -0.39 is 0 Å². The van der Waals surface area contributed by atoms with Crippen LogP contribution in [0.25, 0.3) is 0 Å². The lowest BCUT2D eigenvalue weighted by atomic mass is 9.99. The van der Waals surface area contributed by atoms with E-state index in [9.17, 15) is 4.79 Å². The third kappa shape index (κ3) is 5.79. The molecule has 0 aliphatic carbocycles. The lowest BCUT2D eigenvalue weighted by Gasteiger charge is -2.33. The van der Waals surface area contributed by atoms with Crippen molar-refractivity contribution in [2.75, 3.05) is 38.8 Å². The van der Waals surface area contributed by atoms with E-state index in [1.807, 2.05) is 53.4 Å². The highest BCUT2D eigenvalue weighted by Crippen LogP contribution is 2.33. The molecule has 194 valence electrons. The average molecular weight is 503 g/mol. The molecule has 3 heterocycles. The first-order chi connectivity index (χ1) is 18.0. The summed E-state index contributed by atoms with van der Waals surface area (Å²) in [4.78, 5) is 27.2. The molecule has 0 atom stereocenters. The highest BCUT2D eigenvalue weighted by Gasteiger charge is 2.28. The molecule has 37 heavy (non-hydrogen) atoms. The number of anilines is 1. The maximum absolute atomic E-state index is 13.2. The summed E-state index contributed by atoms with van der Waals surface area (Å²) >= 11 is 0. The molecule has 2 aliphatic rings. The van der Waals surface area contributed by atoms with Gasteiger partial charge in [0.15, 0.2) is 0 Å². The maximum atomic E-state index is 13.2. The molecule has 0 spiro atoms. The Hall–Kier alpha value is -3.81. The number of hydrogen-bond acceptors (Lipinski definition) is 7. The second-order valence-electron chi connectivity index (χ2n) is 9.79. The monoisotopic (exact) mass is 502 g/mol. The van der Waals surface area contributed by atoms with Crippen molar-refractivity contribution in [2.45, 2.75) is 39.2 Å². The van der Waals surface area contributed by atoms with Gasteiger partial charge in [0.1, 0.15) is 17.2 Å². The van der Waals surface area contributed by atoms with Crippen LogP contribution in [0.1, 0.15) is 36.6 Å². The zero-order valence-corrected chi connectivity index (χ0v) is 21.8. The molecule has 0 saturated carbocycles. The third-order valence-electron chi connectivity index (χ3n) is 7.20. The molecule has 3 aromatic rings. The van der Waals surface area contributed by atoms with Crippen LogP contribution >= 0.6 is 0 Å². The molecule has 0 radical (unpaired) electrons. The topological polar surface area (TPSA) is 77.0 Å². The summed E-state index contributed by atoms with van der Waals surface area (Å²) in [5, 5.41) is 0. The Morgan fingerprint density at radius 2 is 1.68 bits per heavy atom. The number of ether oxygens (including phenoxy) is 3. The van der Waals surface area contributed by atoms with Gasteiger partial charge in [-0.05, 0) is 48.6 Å². The molecule has 2 aliphatic heterocycles. The molecule has 1 saturated heterocycles. The molecule has 1 aromatic heterocycles. The molecular weight excluding hydrogens is 468 g/mol. The van der Waals surface area contributed by atoms with Gasteiger partial charge in [-0.3, -0.25) is 4.79 Å². The quantitative estimate of drug-likeness (QED) is 0.465. The third-order valence-corrected chi connectivity index (χ3v) is 7.20. The van der Waals surface area contributed by atoms with Crippen molar-refractivity contribution in [3.05, 3.63) is 65.4 Å². The van der Waals surface area contributed by atoms with Gasteiger partial charge in [0.2, 0.25) is 17.7 Å². The first-order valence-corrected chi connectivity index (χ1v) is 12.9. The van der Waals surface area contributed by atoms with Gasteiger partial charge in [0.05, 0.1) is 38.4 Å². The SMILES string of the molecule is COc1ccc(CC(=O)N2CCc3nc(N4CCC(C)CC4)nc(Oc4cccc(OC)c4)c3C2)cc1. The van der Waals surface area contributed by atoms with Crippen LogP contribution in [0.3, 0.4) is 0 Å². The second-order valence-corrected chi connectivity index (χ2v) is 9.79. The molecule has 2 aromatic carbocycles. The van der Waals surface area contributed by atoms with Crippen molar-refractivity contribution in [1.29, 1.82) is 0 Å². The Bertz CT molecular complexity index is 1240. The van der Waals surface area contributed by atoms with Crippen LogP contribution in [-0.2, 0) is 24.2 Å². The minimum Gasteiger partial charge on any atom is -0.497 e. The molecular formula is C29H34N4O4. The largest absolute Gasteiger partial charge is 0.497 e. The summed E-state index contributed by atoms with van der Waals surface area (Å²) in [6, 6.07) is 15.1. The Labute approximate surface area is 218 Å². The number of benzene rings is 2. The van der Waals surface area contributed by atoms with E-state index in [0.29, 0.717) is 55.2 Å². The van der Waals surface area contributed by atoms with E-state index in [1.54, 1.807) is 14.2 Å². The van der Waals surface area contributed by atoms with Crippen LogP contribution in [0.5, 0.6) is 23.1 Å². The number of nitrogens with zero attached hydrogens (tertiary/aromatic N) is 4. The molecule has 8 nitrogen and oxygen atoms in total. The zero-order valence-electron chi connectivity index (χ0n) is 21.8. The number of methoxy groups -OCH3 is 2. The van der Waals surface area contributed by atoms with Crippen molar-refractivity contribution in [1.82, 2.24) is 14.9 Å². The predicted molar refractivity (Wildman–Crippen MR) is 142 cm³/mol. The lowest BCUT2D eigenvalue weighted by molar-refractivity contribution is -0.131. The Kier molecular flexibility index (Phi) is 7.44. The minimum atomic E-state index is 0.0669. The molecule has 0 bridgehead atoms. The zero-order chi connectivity index (χ0) is 25.8. The number of hydrogen-bond donors (Lipinski definition) is 0. The number of carbonyl (C=O) groups excluding carboxylic acids is 1. The molecule has 8 heteroatoms. The predicted octanol–water partition coefficient (Wildman–Crippen LogP) is 4.65. The summed E-state index contributed by atoms with van der Waals surface area (Å²) in [5.41, 5.74) is 2.77. The van der Waals surface area contributed by atoms with Crippen LogP contribution < -0.4 is 19.1 Å². The number of amides is 1. The van der Waals surface area contributed by atoms with Crippen LogP contribution in [0, 0.1) is 5.92 Å². The maximum Gasteiger partial charge on any atom is 0.229 e. The normalized spacial score (nSPS) is 15.8. The summed E-state index contributed by atoms with van der Waals surface area (Å²) in [5.74, 6) is 4.12. The van der Waals surface area contributed by atoms with Crippen molar-refractivity contribution in [2.24, 2.45) is 5.92 Å². The fourth-order valence-electron chi connectivity index (χ4n) is 4.82. The van der Waals surface area contributed by atoms with Gasteiger partial charge >= 0.3 is 0 Å². The molecule has 1 amide bonds. The standard InChI is InChI=1S/C29H34N4O4/c1-20-11-14-32(15-12-20)29-30-26-13-16-33(27(34)17-21-7-9-22(35-2)10-8-21)19-25(26)28(31-29)37-24-6-4-5-23(18-24)36-3/h4-10,18,20H,11-17,19H2,1-3H3. The van der Waals surface area contributed by atoms with Crippen LogP contribution in [-0.4, -0.2) is 54.6 Å². The van der Waals surface area contributed by atoms with E-state index >= 15 is 0 Å².